The maximum atomic E-state index is 12.6. The van der Waals surface area contributed by atoms with Gasteiger partial charge in [-0.15, -0.1) is 13.2 Å². The fraction of sp³-hybridized carbons (Fsp3) is 0.211. The van der Waals surface area contributed by atoms with Gasteiger partial charge in [0.2, 0.25) is 11.6 Å². The fourth-order valence-electron chi connectivity index (χ4n) is 2.49. The first-order chi connectivity index (χ1) is 14.3. The van der Waals surface area contributed by atoms with Crippen molar-refractivity contribution in [1.29, 1.82) is 0 Å². The van der Waals surface area contributed by atoms with E-state index in [9.17, 15) is 23.1 Å². The van der Waals surface area contributed by atoms with Gasteiger partial charge in [-0.2, -0.15) is 0 Å². The Balaban J connectivity index is 1.71. The van der Waals surface area contributed by atoms with Gasteiger partial charge in [-0.25, -0.2) is 0 Å². The molecule has 11 heteroatoms. The first-order valence-corrected chi connectivity index (χ1v) is 9.62. The van der Waals surface area contributed by atoms with Crippen molar-refractivity contribution in [3.63, 3.8) is 0 Å². The molecule has 30 heavy (non-hydrogen) atoms. The quantitative estimate of drug-likeness (QED) is 0.448. The minimum absolute atomic E-state index is 0.136. The molecule has 0 radical (unpaired) electrons. The van der Waals surface area contributed by atoms with Crippen molar-refractivity contribution < 1.29 is 37.0 Å². The Morgan fingerprint density at radius 1 is 1.23 bits per heavy atom. The van der Waals surface area contributed by atoms with Crippen LogP contribution in [0.4, 0.5) is 18.9 Å². The lowest BCUT2D eigenvalue weighted by Crippen LogP contribution is -2.36. The van der Waals surface area contributed by atoms with Gasteiger partial charge in [0.15, 0.2) is 5.95 Å². The average molecular weight is 439 g/mol. The molecule has 2 aromatic carbocycles. The largest absolute Gasteiger partial charge is 0.573 e. The molecule has 1 N–H and O–H groups in total. The lowest BCUT2D eigenvalue weighted by Gasteiger charge is -2.14. The number of anilines is 1. The van der Waals surface area contributed by atoms with E-state index in [1.165, 1.54) is 16.8 Å². The highest BCUT2D eigenvalue weighted by Crippen LogP contribution is 2.30. The molecule has 0 spiro atoms. The van der Waals surface area contributed by atoms with E-state index in [0.29, 0.717) is 12.1 Å². The molecular weight excluding hydrogens is 423 g/mol. The molecule has 0 saturated carbocycles. The highest BCUT2D eigenvalue weighted by molar-refractivity contribution is 8.00. The van der Waals surface area contributed by atoms with Crippen LogP contribution < -0.4 is 19.8 Å². The minimum atomic E-state index is -4.79. The van der Waals surface area contributed by atoms with Crippen molar-refractivity contribution in [3.05, 3.63) is 54.6 Å². The number of benzene rings is 2. The molecule has 0 aliphatic carbocycles. The summed E-state index contributed by atoms with van der Waals surface area (Å²) in [7, 11) is 0. The predicted octanol–water partition coefficient (Wildman–Crippen LogP) is 3.43. The minimum Gasteiger partial charge on any atom is -0.538 e. The third-order valence-electron chi connectivity index (χ3n) is 3.85. The number of alkyl halides is 3. The number of aromatic nitrogens is 2. The molecule has 3 rings (SSSR count). The van der Waals surface area contributed by atoms with Crippen molar-refractivity contribution in [2.24, 2.45) is 0 Å². The molecule has 0 saturated heterocycles. The molecule has 158 valence electrons. The van der Waals surface area contributed by atoms with E-state index in [4.69, 9.17) is 4.52 Å². The van der Waals surface area contributed by atoms with Crippen molar-refractivity contribution in [3.8, 4) is 17.4 Å². The third-order valence-corrected chi connectivity index (χ3v) is 5.24. The summed E-state index contributed by atoms with van der Waals surface area (Å²) in [5.74, 6) is -1.50. The van der Waals surface area contributed by atoms with Gasteiger partial charge in [0.25, 0.3) is 5.03 Å². The van der Waals surface area contributed by atoms with Gasteiger partial charge in [-0.05, 0) is 47.1 Å². The van der Waals surface area contributed by atoms with Crippen LogP contribution >= 0.6 is 11.8 Å². The summed E-state index contributed by atoms with van der Waals surface area (Å²) < 4.78 is 46.6. The number of nitrogens with one attached hydrogen (secondary N) is 1. The van der Waals surface area contributed by atoms with Gasteiger partial charge in [0, 0.05) is 17.8 Å². The summed E-state index contributed by atoms with van der Waals surface area (Å²) in [5.41, 5.74) is 0.888. The van der Waals surface area contributed by atoms with Crippen LogP contribution in [0.15, 0.2) is 64.1 Å². The third kappa shape index (κ3) is 5.44. The fourth-order valence-corrected chi connectivity index (χ4v) is 3.47. The number of nitrogens with zero attached hydrogens (tertiary/aromatic N) is 2. The van der Waals surface area contributed by atoms with Crippen molar-refractivity contribution in [2.75, 3.05) is 5.32 Å². The van der Waals surface area contributed by atoms with Crippen molar-refractivity contribution >= 4 is 23.4 Å². The molecule has 0 aliphatic heterocycles. The zero-order chi connectivity index (χ0) is 21.7. The summed E-state index contributed by atoms with van der Waals surface area (Å²) in [6.07, 6.45) is -4.41. The molecular formula is C19H16F3N3O4S. The van der Waals surface area contributed by atoms with Crippen molar-refractivity contribution in [2.45, 2.75) is 30.0 Å². The van der Waals surface area contributed by atoms with Gasteiger partial charge in [-0.3, -0.25) is 4.79 Å². The molecule has 0 fully saturated rings. The van der Waals surface area contributed by atoms with Gasteiger partial charge in [0.1, 0.15) is 5.75 Å². The number of ether oxygens (including phenoxy) is 1. The second-order valence-corrected chi connectivity index (χ2v) is 7.18. The van der Waals surface area contributed by atoms with Crippen LogP contribution in [0.25, 0.3) is 5.69 Å². The molecule has 0 aliphatic rings. The van der Waals surface area contributed by atoms with E-state index in [2.05, 4.69) is 15.3 Å². The van der Waals surface area contributed by atoms with Crippen LogP contribution in [0.2, 0.25) is 0 Å². The molecule has 1 amide bonds. The maximum Gasteiger partial charge on any atom is 0.573 e. The summed E-state index contributed by atoms with van der Waals surface area (Å²) >= 11 is 0.991. The van der Waals surface area contributed by atoms with E-state index in [-0.39, 0.29) is 10.7 Å². The van der Waals surface area contributed by atoms with E-state index >= 15 is 0 Å². The molecule has 7 nitrogen and oxygen atoms in total. The normalized spacial score (nSPS) is 12.4. The van der Waals surface area contributed by atoms with Gasteiger partial charge < -0.3 is 19.7 Å². The molecule has 1 heterocycles. The molecule has 1 unspecified atom stereocenters. The number of hydrogen-bond donors (Lipinski definition) is 1. The summed E-state index contributed by atoms with van der Waals surface area (Å²) in [6.45, 7) is 1.77. The highest BCUT2D eigenvalue weighted by atomic mass is 32.2. The number of amides is 1. The first kappa shape index (κ1) is 21.5. The van der Waals surface area contributed by atoms with Crippen LogP contribution in [0.5, 0.6) is 11.7 Å². The molecule has 1 aromatic heterocycles. The van der Waals surface area contributed by atoms with E-state index < -0.39 is 29.2 Å². The topological polar surface area (TPSA) is 91.3 Å². The number of carbonyl (C=O) groups is 1. The second kappa shape index (κ2) is 9.08. The maximum absolute atomic E-state index is 12.6. The zero-order valence-corrected chi connectivity index (χ0v) is 16.4. The molecule has 1 atom stereocenters. The Morgan fingerprint density at radius 2 is 1.90 bits per heavy atom. The Labute approximate surface area is 173 Å². The standard InChI is InChI=1S/C19H16F3N3O4S/c1-2-15(16(26)23-12-8-10-14(11-9-12)28-19(20,21)22)30-17-18(27)29-24-25(17)13-6-4-3-5-7-13/h3-11,15H,2H2,1H3,(H-,23,24,26,27). The molecule has 3 aromatic rings. The van der Waals surface area contributed by atoms with E-state index in [0.717, 1.165) is 23.9 Å². The SMILES string of the molecule is CCC(Sc1c([O-])on[n+]1-c1ccccc1)C(=O)Nc1ccc(OC(F)(F)F)cc1. The summed E-state index contributed by atoms with van der Waals surface area (Å²) in [5, 5.41) is 17.9. The Kier molecular flexibility index (Phi) is 6.50. The summed E-state index contributed by atoms with van der Waals surface area (Å²) in [6, 6.07) is 13.6. The number of halogens is 3. The monoisotopic (exact) mass is 439 g/mol. The van der Waals surface area contributed by atoms with Gasteiger partial charge in [-0.1, -0.05) is 25.1 Å². The van der Waals surface area contributed by atoms with Crippen LogP contribution in [-0.4, -0.2) is 22.8 Å². The van der Waals surface area contributed by atoms with E-state index in [1.807, 2.05) is 6.07 Å². The Hall–Kier alpha value is -3.21. The number of thioether (sulfide) groups is 1. The van der Waals surface area contributed by atoms with Gasteiger partial charge >= 0.3 is 6.36 Å². The molecule has 0 bridgehead atoms. The number of hydrogen-bond acceptors (Lipinski definition) is 6. The van der Waals surface area contributed by atoms with Crippen LogP contribution in [0.1, 0.15) is 13.3 Å². The Morgan fingerprint density at radius 3 is 2.50 bits per heavy atom. The van der Waals surface area contributed by atoms with Crippen LogP contribution in [0.3, 0.4) is 0 Å². The first-order valence-electron chi connectivity index (χ1n) is 8.74. The van der Waals surface area contributed by atoms with E-state index in [1.54, 1.807) is 31.2 Å². The lowest BCUT2D eigenvalue weighted by molar-refractivity contribution is -0.705. The second-order valence-electron chi connectivity index (χ2n) is 5.99. The Bertz CT molecular complexity index is 995. The zero-order valence-electron chi connectivity index (χ0n) is 15.6. The van der Waals surface area contributed by atoms with Gasteiger partial charge in [0.05, 0.1) is 10.5 Å². The van der Waals surface area contributed by atoms with Crippen molar-refractivity contribution in [1.82, 2.24) is 5.27 Å². The predicted molar refractivity (Wildman–Crippen MR) is 99.2 cm³/mol. The summed E-state index contributed by atoms with van der Waals surface area (Å²) in [4.78, 5) is 12.6. The smallest absolute Gasteiger partial charge is 0.538 e. The van der Waals surface area contributed by atoms with Crippen LogP contribution in [0, 0.1) is 0 Å². The lowest BCUT2D eigenvalue weighted by atomic mass is 10.2. The average Bonchev–Trinajstić information content (AvgIpc) is 3.07. The van der Waals surface area contributed by atoms with Crippen LogP contribution in [-0.2, 0) is 4.79 Å². The number of carbonyl (C=O) groups excluding carboxylic acids is 1. The highest BCUT2D eigenvalue weighted by Gasteiger charge is 2.31. The number of rotatable bonds is 7. The number of para-hydroxylation sites is 1.